The van der Waals surface area contributed by atoms with Crippen LogP contribution in [0.25, 0.3) is 0 Å². The van der Waals surface area contributed by atoms with Gasteiger partial charge in [-0.05, 0) is 42.9 Å². The Bertz CT molecular complexity index is 584. The molecule has 23 heavy (non-hydrogen) atoms. The second-order valence-corrected chi connectivity index (χ2v) is 8.02. The highest BCUT2D eigenvalue weighted by Gasteiger charge is 2.38. The van der Waals surface area contributed by atoms with Gasteiger partial charge in [0.15, 0.2) is 0 Å². The zero-order valence-corrected chi connectivity index (χ0v) is 14.5. The largest absolute Gasteiger partial charge is 0.392 e. The van der Waals surface area contributed by atoms with Crippen LogP contribution in [0.5, 0.6) is 0 Å². The van der Waals surface area contributed by atoms with Crippen molar-refractivity contribution in [3.63, 3.8) is 0 Å². The number of piperidine rings is 1. The average molecular weight is 337 g/mol. The Morgan fingerprint density at radius 2 is 2.13 bits per heavy atom. The molecule has 1 heterocycles. The summed E-state index contributed by atoms with van der Waals surface area (Å²) < 4.78 is 0. The van der Waals surface area contributed by atoms with E-state index in [1.165, 1.54) is 5.56 Å². The van der Waals surface area contributed by atoms with E-state index in [2.05, 4.69) is 11.4 Å². The van der Waals surface area contributed by atoms with Crippen LogP contribution in [0.4, 0.5) is 4.79 Å². The van der Waals surface area contributed by atoms with Crippen LogP contribution in [0, 0.1) is 5.41 Å². The van der Waals surface area contributed by atoms with Gasteiger partial charge in [-0.15, -0.1) is 0 Å². The summed E-state index contributed by atoms with van der Waals surface area (Å²) in [4.78, 5) is 14.2. The van der Waals surface area contributed by atoms with Crippen LogP contribution in [0.2, 0.25) is 5.02 Å². The lowest BCUT2D eigenvalue weighted by Gasteiger charge is -2.43. The number of likely N-dealkylation sites (tertiary alicyclic amines) is 1. The summed E-state index contributed by atoms with van der Waals surface area (Å²) >= 11 is 6.03. The fourth-order valence-electron chi connectivity index (χ4n) is 3.55. The van der Waals surface area contributed by atoms with Crippen LogP contribution in [0.15, 0.2) is 24.3 Å². The number of nitrogens with zero attached hydrogens (tertiary/aromatic N) is 1. The summed E-state index contributed by atoms with van der Waals surface area (Å²) in [5.41, 5.74) is 1.02. The number of halogens is 1. The summed E-state index contributed by atoms with van der Waals surface area (Å²) in [5, 5.41) is 13.9. The van der Waals surface area contributed by atoms with Crippen molar-refractivity contribution in [1.29, 1.82) is 0 Å². The number of benzene rings is 1. The lowest BCUT2D eigenvalue weighted by molar-refractivity contribution is -0.0121. The Morgan fingerprint density at radius 3 is 2.78 bits per heavy atom. The molecular weight excluding hydrogens is 312 g/mol. The Balaban J connectivity index is 1.49. The summed E-state index contributed by atoms with van der Waals surface area (Å²) in [6.07, 6.45) is 2.25. The molecule has 1 aliphatic carbocycles. The first-order valence-corrected chi connectivity index (χ1v) is 8.72. The standard InChI is InChI=1S/C18H25ClN2O2/c1-18(2)11-21(7-6-16(18)22)17(23)20-15-9-13(10-15)12-4-3-5-14(19)8-12/h3-5,8,13,15-16,22H,6-7,9-11H2,1-2H3,(H,20,23). The first-order chi connectivity index (χ1) is 10.8. The first kappa shape index (κ1) is 16.6. The van der Waals surface area contributed by atoms with E-state index in [-0.39, 0.29) is 23.6 Å². The van der Waals surface area contributed by atoms with Crippen molar-refractivity contribution in [2.45, 2.75) is 51.2 Å². The van der Waals surface area contributed by atoms with Crippen LogP contribution in [0.1, 0.15) is 44.6 Å². The van der Waals surface area contributed by atoms with Gasteiger partial charge >= 0.3 is 6.03 Å². The van der Waals surface area contributed by atoms with E-state index in [4.69, 9.17) is 11.6 Å². The molecule has 126 valence electrons. The number of urea groups is 1. The predicted molar refractivity (Wildman–Crippen MR) is 91.7 cm³/mol. The van der Waals surface area contributed by atoms with Crippen LogP contribution in [-0.2, 0) is 0 Å². The monoisotopic (exact) mass is 336 g/mol. The quantitative estimate of drug-likeness (QED) is 0.869. The fourth-order valence-corrected chi connectivity index (χ4v) is 3.75. The van der Waals surface area contributed by atoms with Crippen molar-refractivity contribution in [3.05, 3.63) is 34.9 Å². The molecule has 1 unspecified atom stereocenters. The summed E-state index contributed by atoms with van der Waals surface area (Å²) in [6, 6.07) is 8.21. The van der Waals surface area contributed by atoms with Crippen molar-refractivity contribution in [3.8, 4) is 0 Å². The molecular formula is C18H25ClN2O2. The van der Waals surface area contributed by atoms with Crippen LogP contribution >= 0.6 is 11.6 Å². The molecule has 3 rings (SSSR count). The number of aliphatic hydroxyl groups is 1. The lowest BCUT2D eigenvalue weighted by Crippen LogP contribution is -2.56. The van der Waals surface area contributed by atoms with E-state index in [9.17, 15) is 9.90 Å². The third kappa shape index (κ3) is 3.64. The minimum Gasteiger partial charge on any atom is -0.392 e. The average Bonchev–Trinajstić information content (AvgIpc) is 2.45. The topological polar surface area (TPSA) is 52.6 Å². The van der Waals surface area contributed by atoms with Gasteiger partial charge in [0.1, 0.15) is 0 Å². The van der Waals surface area contributed by atoms with E-state index in [1.807, 2.05) is 36.9 Å². The van der Waals surface area contributed by atoms with Crippen molar-refractivity contribution in [2.24, 2.45) is 5.41 Å². The van der Waals surface area contributed by atoms with Crippen molar-refractivity contribution >= 4 is 17.6 Å². The SMILES string of the molecule is CC1(C)CN(C(=O)NC2CC(c3cccc(Cl)c3)C2)CCC1O. The maximum atomic E-state index is 12.4. The molecule has 1 atom stereocenters. The molecule has 2 fully saturated rings. The maximum absolute atomic E-state index is 12.4. The highest BCUT2D eigenvalue weighted by Crippen LogP contribution is 2.38. The summed E-state index contributed by atoms with van der Waals surface area (Å²) in [6.45, 7) is 5.25. The molecule has 5 heteroatoms. The number of rotatable bonds is 2. The fraction of sp³-hybridized carbons (Fsp3) is 0.611. The Kier molecular flexibility index (Phi) is 4.56. The molecule has 0 aromatic heterocycles. The molecule has 0 bridgehead atoms. The highest BCUT2D eigenvalue weighted by atomic mass is 35.5. The number of hydrogen-bond donors (Lipinski definition) is 2. The molecule has 2 aliphatic rings. The predicted octanol–water partition coefficient (Wildman–Crippen LogP) is 3.39. The second-order valence-electron chi connectivity index (χ2n) is 7.58. The van der Waals surface area contributed by atoms with E-state index in [0.717, 1.165) is 17.9 Å². The van der Waals surface area contributed by atoms with Gasteiger partial charge in [-0.3, -0.25) is 0 Å². The number of amides is 2. The van der Waals surface area contributed by atoms with Gasteiger partial charge in [0, 0.05) is 29.6 Å². The number of hydrogen-bond acceptors (Lipinski definition) is 2. The van der Waals surface area contributed by atoms with E-state index in [1.54, 1.807) is 0 Å². The molecule has 1 aromatic carbocycles. The summed E-state index contributed by atoms with van der Waals surface area (Å²) in [7, 11) is 0. The molecule has 1 saturated carbocycles. The molecule has 1 saturated heterocycles. The summed E-state index contributed by atoms with van der Waals surface area (Å²) in [5.74, 6) is 0.485. The number of carbonyl (C=O) groups is 1. The van der Waals surface area contributed by atoms with Gasteiger partial charge < -0.3 is 15.3 Å². The normalized spacial score (nSPS) is 29.7. The van der Waals surface area contributed by atoms with Gasteiger partial charge in [-0.2, -0.15) is 0 Å². The second kappa shape index (κ2) is 6.33. The molecule has 1 aliphatic heterocycles. The van der Waals surface area contributed by atoms with E-state index in [0.29, 0.717) is 25.4 Å². The number of aliphatic hydroxyl groups excluding tert-OH is 1. The molecule has 2 amide bonds. The third-order valence-electron chi connectivity index (χ3n) is 5.25. The van der Waals surface area contributed by atoms with Crippen molar-refractivity contribution in [2.75, 3.05) is 13.1 Å². The van der Waals surface area contributed by atoms with Gasteiger partial charge in [-0.1, -0.05) is 37.6 Å². The maximum Gasteiger partial charge on any atom is 0.317 e. The number of nitrogens with one attached hydrogen (secondary N) is 1. The zero-order valence-electron chi connectivity index (χ0n) is 13.8. The Labute approximate surface area is 142 Å². The minimum atomic E-state index is -0.331. The van der Waals surface area contributed by atoms with E-state index >= 15 is 0 Å². The van der Waals surface area contributed by atoms with Crippen LogP contribution in [-0.4, -0.2) is 41.3 Å². The molecule has 0 spiro atoms. The third-order valence-corrected chi connectivity index (χ3v) is 5.48. The Hall–Kier alpha value is -1.26. The van der Waals surface area contributed by atoms with Gasteiger partial charge in [-0.25, -0.2) is 4.79 Å². The number of carbonyl (C=O) groups excluding carboxylic acids is 1. The first-order valence-electron chi connectivity index (χ1n) is 8.34. The Morgan fingerprint density at radius 1 is 1.39 bits per heavy atom. The van der Waals surface area contributed by atoms with Crippen molar-refractivity contribution in [1.82, 2.24) is 10.2 Å². The van der Waals surface area contributed by atoms with E-state index < -0.39 is 0 Å². The molecule has 2 N–H and O–H groups in total. The van der Waals surface area contributed by atoms with Crippen molar-refractivity contribution < 1.29 is 9.90 Å². The molecule has 0 radical (unpaired) electrons. The molecule has 4 nitrogen and oxygen atoms in total. The zero-order chi connectivity index (χ0) is 16.6. The van der Waals surface area contributed by atoms with Crippen LogP contribution in [0.3, 0.4) is 0 Å². The van der Waals surface area contributed by atoms with Gasteiger partial charge in [0.25, 0.3) is 0 Å². The van der Waals surface area contributed by atoms with Gasteiger partial charge in [0.2, 0.25) is 0 Å². The highest BCUT2D eigenvalue weighted by molar-refractivity contribution is 6.30. The van der Waals surface area contributed by atoms with Crippen LogP contribution < -0.4 is 5.32 Å². The smallest absolute Gasteiger partial charge is 0.317 e. The molecule has 1 aromatic rings. The lowest BCUT2D eigenvalue weighted by atomic mass is 9.76. The van der Waals surface area contributed by atoms with Gasteiger partial charge in [0.05, 0.1) is 6.10 Å². The minimum absolute atomic E-state index is 0.000445.